The van der Waals surface area contributed by atoms with E-state index in [9.17, 15) is 0 Å². The van der Waals surface area contributed by atoms with Gasteiger partial charge in [-0.3, -0.25) is 14.5 Å². The van der Waals surface area contributed by atoms with Gasteiger partial charge in [-0.05, 0) is 6.92 Å². The molecule has 0 spiro atoms. The third-order valence-corrected chi connectivity index (χ3v) is 4.32. The number of nitrogens with zero attached hydrogens (tertiary/aromatic N) is 6. The lowest BCUT2D eigenvalue weighted by molar-refractivity contribution is 0.122. The molecule has 2 aromatic rings. The smallest absolute Gasteiger partial charge is 0.137 e. The van der Waals surface area contributed by atoms with Crippen LogP contribution in [0.1, 0.15) is 24.1 Å². The molecule has 3 heterocycles. The fraction of sp³-hybridized carbons (Fsp3) is 0.667. The average molecular weight is 303 g/mol. The molecule has 22 heavy (non-hydrogen) atoms. The first-order valence-corrected chi connectivity index (χ1v) is 8.06. The molecule has 3 rings (SSSR count). The highest BCUT2D eigenvalue weighted by molar-refractivity contribution is 5.13. The van der Waals surface area contributed by atoms with Crippen molar-refractivity contribution in [2.75, 3.05) is 32.7 Å². The Balaban J connectivity index is 1.44. The zero-order valence-corrected chi connectivity index (χ0v) is 13.5. The number of rotatable bonds is 6. The summed E-state index contributed by atoms with van der Waals surface area (Å²) < 4.78 is 1.89. The lowest BCUT2D eigenvalue weighted by Gasteiger charge is -2.34. The van der Waals surface area contributed by atoms with Crippen LogP contribution in [0.3, 0.4) is 0 Å². The largest absolute Gasteiger partial charge is 0.346 e. The van der Waals surface area contributed by atoms with Gasteiger partial charge in [-0.25, -0.2) is 9.97 Å². The van der Waals surface area contributed by atoms with Crippen molar-refractivity contribution < 1.29 is 0 Å². The van der Waals surface area contributed by atoms with E-state index < -0.39 is 0 Å². The van der Waals surface area contributed by atoms with Crippen LogP contribution in [0.5, 0.6) is 0 Å². The Morgan fingerprint density at radius 3 is 2.55 bits per heavy atom. The molecular formula is C15H25N7. The molecule has 1 aliphatic rings. The van der Waals surface area contributed by atoms with Crippen molar-refractivity contribution in [2.45, 2.75) is 33.4 Å². The lowest BCUT2D eigenvalue weighted by atomic mass is 10.2. The summed E-state index contributed by atoms with van der Waals surface area (Å²) >= 11 is 0. The lowest BCUT2D eigenvalue weighted by Crippen LogP contribution is -2.46. The van der Waals surface area contributed by atoms with Gasteiger partial charge in [0.15, 0.2) is 0 Å². The van der Waals surface area contributed by atoms with Gasteiger partial charge >= 0.3 is 0 Å². The Kier molecular flexibility index (Phi) is 4.84. The molecule has 2 aromatic heterocycles. The Morgan fingerprint density at radius 2 is 1.91 bits per heavy atom. The van der Waals surface area contributed by atoms with Gasteiger partial charge < -0.3 is 4.98 Å². The minimum atomic E-state index is 0.915. The highest BCUT2D eigenvalue weighted by atomic mass is 15.3. The third kappa shape index (κ3) is 3.72. The highest BCUT2D eigenvalue weighted by Gasteiger charge is 2.18. The topological polar surface area (TPSA) is 65.9 Å². The zero-order valence-electron chi connectivity index (χ0n) is 13.5. The third-order valence-electron chi connectivity index (χ3n) is 4.32. The molecular weight excluding hydrogens is 278 g/mol. The summed E-state index contributed by atoms with van der Waals surface area (Å²) in [6.07, 6.45) is 4.34. The molecule has 1 fully saturated rings. The summed E-state index contributed by atoms with van der Waals surface area (Å²) in [6.45, 7) is 11.6. The summed E-state index contributed by atoms with van der Waals surface area (Å²) in [7, 11) is 0. The Morgan fingerprint density at radius 1 is 1.14 bits per heavy atom. The summed E-state index contributed by atoms with van der Waals surface area (Å²) in [5, 5.41) is 4.15. The quantitative estimate of drug-likeness (QED) is 0.850. The maximum Gasteiger partial charge on any atom is 0.137 e. The fourth-order valence-corrected chi connectivity index (χ4v) is 2.86. The number of aromatic nitrogens is 5. The zero-order chi connectivity index (χ0) is 15.4. The minimum absolute atomic E-state index is 0.915. The number of piperazine rings is 1. The maximum absolute atomic E-state index is 4.68. The Labute approximate surface area is 131 Å². The number of aromatic amines is 1. The summed E-state index contributed by atoms with van der Waals surface area (Å²) in [4.78, 5) is 17.0. The van der Waals surface area contributed by atoms with Crippen molar-refractivity contribution in [2.24, 2.45) is 0 Å². The van der Waals surface area contributed by atoms with Crippen LogP contribution in [-0.4, -0.2) is 67.3 Å². The molecule has 7 heteroatoms. The molecule has 0 radical (unpaired) electrons. The Bertz CT molecular complexity index is 567. The number of imidazole rings is 1. The molecule has 1 saturated heterocycles. The van der Waals surface area contributed by atoms with Crippen LogP contribution >= 0.6 is 0 Å². The van der Waals surface area contributed by atoms with Crippen molar-refractivity contribution in [3.63, 3.8) is 0 Å². The number of hydrogen-bond acceptors (Lipinski definition) is 5. The van der Waals surface area contributed by atoms with Gasteiger partial charge in [-0.1, -0.05) is 6.92 Å². The number of H-pyrrole nitrogens is 1. The van der Waals surface area contributed by atoms with Crippen LogP contribution in [-0.2, 0) is 19.5 Å². The van der Waals surface area contributed by atoms with E-state index in [1.54, 1.807) is 12.7 Å². The van der Waals surface area contributed by atoms with Crippen LogP contribution in [0.25, 0.3) is 0 Å². The highest BCUT2D eigenvalue weighted by Crippen LogP contribution is 2.11. The predicted molar refractivity (Wildman–Crippen MR) is 84.4 cm³/mol. The van der Waals surface area contributed by atoms with Gasteiger partial charge in [0.1, 0.15) is 18.5 Å². The van der Waals surface area contributed by atoms with E-state index in [2.05, 4.69) is 43.7 Å². The molecule has 0 atom stereocenters. The molecule has 0 amide bonds. The monoisotopic (exact) mass is 303 g/mol. The second kappa shape index (κ2) is 7.02. The van der Waals surface area contributed by atoms with Gasteiger partial charge in [-0.15, -0.1) is 0 Å². The maximum atomic E-state index is 4.68. The molecule has 0 saturated carbocycles. The first-order chi connectivity index (χ1) is 10.7. The molecule has 1 aliphatic heterocycles. The molecule has 0 bridgehead atoms. The van der Waals surface area contributed by atoms with E-state index in [1.807, 2.05) is 4.68 Å². The van der Waals surface area contributed by atoms with E-state index in [4.69, 9.17) is 0 Å². The van der Waals surface area contributed by atoms with Gasteiger partial charge in [-0.2, -0.15) is 5.10 Å². The molecule has 120 valence electrons. The van der Waals surface area contributed by atoms with Crippen molar-refractivity contribution in [3.05, 3.63) is 29.9 Å². The normalized spacial score (nSPS) is 17.2. The summed E-state index contributed by atoms with van der Waals surface area (Å²) in [5.74, 6) is 1.10. The first-order valence-electron chi connectivity index (χ1n) is 8.06. The fourth-order valence-electron chi connectivity index (χ4n) is 2.86. The van der Waals surface area contributed by atoms with Crippen molar-refractivity contribution >= 4 is 0 Å². The van der Waals surface area contributed by atoms with Crippen LogP contribution in [0.15, 0.2) is 12.7 Å². The molecule has 0 aliphatic carbocycles. The van der Waals surface area contributed by atoms with E-state index in [-0.39, 0.29) is 0 Å². The average Bonchev–Trinajstić information content (AvgIpc) is 3.17. The van der Waals surface area contributed by atoms with Crippen LogP contribution in [0, 0.1) is 6.92 Å². The van der Waals surface area contributed by atoms with Crippen molar-refractivity contribution in [3.8, 4) is 0 Å². The Hall–Kier alpha value is -1.73. The van der Waals surface area contributed by atoms with Crippen LogP contribution < -0.4 is 0 Å². The standard InChI is InChI=1S/C15H25N7/c1-3-15-18-13(2)14(19-15)10-21-6-4-20(5-7-21)8-9-22-12-16-11-17-22/h11-12H,3-10H2,1-2H3,(H,18,19). The summed E-state index contributed by atoms with van der Waals surface area (Å²) in [6, 6.07) is 0. The van der Waals surface area contributed by atoms with Gasteiger partial charge in [0.25, 0.3) is 0 Å². The van der Waals surface area contributed by atoms with E-state index in [1.165, 1.54) is 11.4 Å². The number of hydrogen-bond donors (Lipinski definition) is 1. The molecule has 7 nitrogen and oxygen atoms in total. The van der Waals surface area contributed by atoms with Gasteiger partial charge in [0, 0.05) is 51.4 Å². The van der Waals surface area contributed by atoms with Crippen LogP contribution in [0.2, 0.25) is 0 Å². The van der Waals surface area contributed by atoms with Crippen molar-refractivity contribution in [1.29, 1.82) is 0 Å². The van der Waals surface area contributed by atoms with Crippen molar-refractivity contribution in [1.82, 2.24) is 34.5 Å². The SMILES string of the molecule is CCc1nc(CN2CCN(CCn3cncn3)CC2)c(C)[nH]1. The molecule has 1 N–H and O–H groups in total. The molecule has 0 unspecified atom stereocenters. The predicted octanol–water partition coefficient (Wildman–Crippen LogP) is 0.690. The molecule has 0 aromatic carbocycles. The first kappa shape index (κ1) is 15.2. The number of aryl methyl sites for hydroxylation is 2. The summed E-state index contributed by atoms with van der Waals surface area (Å²) in [5.41, 5.74) is 2.42. The van der Waals surface area contributed by atoms with Gasteiger partial charge in [0.05, 0.1) is 12.2 Å². The van der Waals surface area contributed by atoms with E-state index >= 15 is 0 Å². The van der Waals surface area contributed by atoms with Crippen LogP contribution in [0.4, 0.5) is 0 Å². The minimum Gasteiger partial charge on any atom is -0.346 e. The van der Waals surface area contributed by atoms with E-state index in [0.29, 0.717) is 0 Å². The number of nitrogens with one attached hydrogen (secondary N) is 1. The van der Waals surface area contributed by atoms with Gasteiger partial charge in [0.2, 0.25) is 0 Å². The second-order valence-corrected chi connectivity index (χ2v) is 5.89. The van der Waals surface area contributed by atoms with E-state index in [0.717, 1.165) is 58.1 Å². The second-order valence-electron chi connectivity index (χ2n) is 5.89.